The van der Waals surface area contributed by atoms with Crippen LogP contribution in [0.4, 0.5) is 17.6 Å². The van der Waals surface area contributed by atoms with E-state index in [0.717, 1.165) is 13.4 Å². The van der Waals surface area contributed by atoms with E-state index in [1.165, 1.54) is 18.2 Å². The molecule has 0 radical (unpaired) electrons. The molecule has 4 aromatic rings. The van der Waals surface area contributed by atoms with Crippen LogP contribution < -0.4 is 9.47 Å². The first kappa shape index (κ1) is 26.6. The van der Waals surface area contributed by atoms with Crippen molar-refractivity contribution >= 4 is 47.1 Å². The average Bonchev–Trinajstić information content (AvgIpc) is 3.53. The van der Waals surface area contributed by atoms with Gasteiger partial charge in [-0.1, -0.05) is 0 Å². The molecule has 0 aliphatic heterocycles. The molecule has 2 aromatic heterocycles. The number of ether oxygens (including phenoxy) is 2. The first-order chi connectivity index (χ1) is 16.4. The summed E-state index contributed by atoms with van der Waals surface area (Å²) in [4.78, 5) is 10.6. The molecule has 0 saturated carbocycles. The second-order valence-electron chi connectivity index (χ2n) is 6.64. The van der Waals surface area contributed by atoms with Crippen molar-refractivity contribution in [3.8, 4) is 29.8 Å². The second-order valence-corrected chi connectivity index (χ2v) is 12.5. The van der Waals surface area contributed by atoms with E-state index in [0.29, 0.717) is 15.7 Å². The molecule has 0 aliphatic carbocycles. The molecule has 4 rings (SSSR count). The van der Waals surface area contributed by atoms with E-state index in [1.807, 2.05) is 16.2 Å². The molecule has 0 saturated heterocycles. The van der Waals surface area contributed by atoms with Crippen molar-refractivity contribution < 1.29 is 31.8 Å². The normalized spacial score (nSPS) is 10.4. The molecular weight excluding hydrogens is 679 g/mol. The summed E-state index contributed by atoms with van der Waals surface area (Å²) in [6, 6.07) is 13.1. The van der Waals surface area contributed by atoms with Gasteiger partial charge in [0.1, 0.15) is 0 Å². The van der Waals surface area contributed by atoms with Gasteiger partial charge in [0.15, 0.2) is 0 Å². The summed E-state index contributed by atoms with van der Waals surface area (Å²) in [5.74, 6) is -3.66. The van der Waals surface area contributed by atoms with E-state index in [4.69, 9.17) is 9.47 Å². The van der Waals surface area contributed by atoms with E-state index in [1.54, 1.807) is 32.0 Å². The Morgan fingerprint density at radius 2 is 1.29 bits per heavy atom. The Bertz CT molecular complexity index is 1250. The molecule has 0 N–H and O–H groups in total. The zero-order valence-corrected chi connectivity index (χ0v) is 22.9. The number of hydrogen-bond acceptors (Lipinski definition) is 3. The molecule has 178 valence electrons. The Morgan fingerprint density at radius 1 is 0.735 bits per heavy atom. The van der Waals surface area contributed by atoms with Gasteiger partial charge in [0.2, 0.25) is 0 Å². The fourth-order valence-corrected chi connectivity index (χ4v) is 7.50. The number of benzene rings is 2. The fraction of sp³-hybridized carbons (Fsp3) is 0.160. The van der Waals surface area contributed by atoms with Crippen molar-refractivity contribution in [2.75, 3.05) is 13.2 Å². The van der Waals surface area contributed by atoms with Gasteiger partial charge >= 0.3 is 215 Å². The van der Waals surface area contributed by atoms with Crippen LogP contribution >= 0.6 is 0 Å². The third-order valence-corrected chi connectivity index (χ3v) is 10.0. The Labute approximate surface area is 214 Å². The second kappa shape index (κ2) is 12.6. The number of aldehydes is 1. The Balaban J connectivity index is 0.000000192. The topological polar surface area (TPSA) is 35.5 Å². The monoisotopic (exact) mass is 704 g/mol. The molecule has 34 heavy (non-hydrogen) atoms. The van der Waals surface area contributed by atoms with Crippen LogP contribution in [-0.4, -0.2) is 60.4 Å². The van der Waals surface area contributed by atoms with Crippen molar-refractivity contribution in [2.24, 2.45) is 0 Å². The third kappa shape index (κ3) is 6.15. The SMILES string of the molecule is CCOc1ccc(-c2ccc(C=O)[te]2)c(F)c1F.CCOc1ccc(-c2ccc[te]2)c(F)c1F. The van der Waals surface area contributed by atoms with Gasteiger partial charge in [-0.25, -0.2) is 0 Å². The summed E-state index contributed by atoms with van der Waals surface area (Å²) < 4.78 is 69.2. The van der Waals surface area contributed by atoms with E-state index < -0.39 is 64.1 Å². The van der Waals surface area contributed by atoms with Gasteiger partial charge in [0.05, 0.1) is 0 Å². The van der Waals surface area contributed by atoms with Crippen molar-refractivity contribution in [2.45, 2.75) is 13.8 Å². The molecule has 2 heterocycles. The van der Waals surface area contributed by atoms with Crippen LogP contribution in [0.25, 0.3) is 18.3 Å². The Kier molecular flexibility index (Phi) is 9.85. The first-order valence-electron chi connectivity index (χ1n) is 10.2. The van der Waals surface area contributed by atoms with Crippen LogP contribution in [0, 0.1) is 23.3 Å². The van der Waals surface area contributed by atoms with Crippen LogP contribution in [0.1, 0.15) is 22.2 Å². The fourth-order valence-electron chi connectivity index (χ4n) is 2.97. The molecule has 0 aliphatic rings. The predicted molar refractivity (Wildman–Crippen MR) is 125 cm³/mol. The van der Waals surface area contributed by atoms with Crippen molar-refractivity contribution in [3.63, 3.8) is 0 Å². The molecule has 0 spiro atoms. The summed E-state index contributed by atoms with van der Waals surface area (Å²) in [6.45, 7) is 4.05. The van der Waals surface area contributed by atoms with Crippen molar-refractivity contribution in [1.29, 1.82) is 0 Å². The van der Waals surface area contributed by atoms with Crippen LogP contribution in [0.5, 0.6) is 11.5 Å². The summed E-state index contributed by atoms with van der Waals surface area (Å²) >= 11 is -1.39. The van der Waals surface area contributed by atoms with E-state index in [2.05, 4.69) is 0 Å². The molecule has 0 atom stereocenters. The third-order valence-electron chi connectivity index (χ3n) is 4.49. The molecule has 0 bridgehead atoms. The standard InChI is InChI=1S/C13H10F2O2Te.C12H10F2OTe/c1-2-17-10-5-4-9(12(14)13(10)15)11-6-3-8(7-16)18-11;1-2-15-9-6-5-8(11(13)12(9)14)10-4-3-7-16-10/h3-7H,2H2,1H3;3-7H,2H2,1H3. The van der Waals surface area contributed by atoms with Crippen molar-refractivity contribution in [1.82, 2.24) is 0 Å². The molecule has 0 unspecified atom stereocenters. The molecule has 9 heteroatoms. The quantitative estimate of drug-likeness (QED) is 0.135. The number of hydrogen-bond donors (Lipinski definition) is 0. The van der Waals surface area contributed by atoms with E-state index >= 15 is 0 Å². The Morgan fingerprint density at radius 3 is 1.74 bits per heavy atom. The number of carbonyl (C=O) groups is 1. The van der Waals surface area contributed by atoms with Gasteiger partial charge in [0, 0.05) is 0 Å². The predicted octanol–water partition coefficient (Wildman–Crippen LogP) is 5.99. The van der Waals surface area contributed by atoms with Crippen LogP contribution in [0.2, 0.25) is 0 Å². The molecule has 2 aromatic carbocycles. The van der Waals surface area contributed by atoms with Gasteiger partial charge < -0.3 is 0 Å². The van der Waals surface area contributed by atoms with Crippen LogP contribution in [0.3, 0.4) is 0 Å². The molecule has 3 nitrogen and oxygen atoms in total. The molecule has 0 amide bonds. The maximum atomic E-state index is 13.9. The number of rotatable bonds is 7. The van der Waals surface area contributed by atoms with Gasteiger partial charge in [-0.05, 0) is 0 Å². The summed E-state index contributed by atoms with van der Waals surface area (Å²) in [6.07, 6.45) is 0.772. The van der Waals surface area contributed by atoms with Gasteiger partial charge in [-0.2, -0.15) is 0 Å². The van der Waals surface area contributed by atoms with Gasteiger partial charge in [-0.15, -0.1) is 0 Å². The van der Waals surface area contributed by atoms with E-state index in [-0.39, 0.29) is 23.7 Å². The summed E-state index contributed by atoms with van der Waals surface area (Å²) in [5, 5.41) is 0. The average molecular weight is 700 g/mol. The van der Waals surface area contributed by atoms with Crippen molar-refractivity contribution in [3.05, 3.63) is 79.5 Å². The van der Waals surface area contributed by atoms with E-state index in [9.17, 15) is 22.4 Å². The zero-order valence-electron chi connectivity index (χ0n) is 18.2. The number of halogens is 4. The molecule has 0 fully saturated rings. The minimum absolute atomic E-state index is 0.0177. The van der Waals surface area contributed by atoms with Crippen LogP contribution in [-0.2, 0) is 0 Å². The van der Waals surface area contributed by atoms with Crippen LogP contribution in [0.15, 0.2) is 52.6 Å². The van der Waals surface area contributed by atoms with Gasteiger partial charge in [-0.3, -0.25) is 0 Å². The zero-order chi connectivity index (χ0) is 24.7. The molecular formula is C25H20F4O3Te2. The van der Waals surface area contributed by atoms with Gasteiger partial charge in [0.25, 0.3) is 0 Å². The minimum atomic E-state index is -0.970. The summed E-state index contributed by atoms with van der Waals surface area (Å²) in [7, 11) is 0. The Hall–Kier alpha value is -2.03. The summed E-state index contributed by atoms with van der Waals surface area (Å²) in [5.41, 5.74) is 0.597. The first-order valence-corrected chi connectivity index (χ1v) is 15.1. The number of carbonyl (C=O) groups excluding carboxylic acids is 1. The maximum absolute atomic E-state index is 13.9.